The minimum absolute atomic E-state index is 0.119. The molecule has 0 radical (unpaired) electrons. The first-order valence-corrected chi connectivity index (χ1v) is 9.05. The Morgan fingerprint density at radius 2 is 2.00 bits per heavy atom. The normalized spacial score (nSPS) is 11.3. The van der Waals surface area contributed by atoms with E-state index in [-0.39, 0.29) is 5.78 Å². The molecule has 3 aromatic rings. The molecule has 0 fully saturated rings. The number of benzene rings is 2. The second-order valence-corrected chi connectivity index (χ2v) is 6.70. The number of ketones is 1. The molecule has 134 valence electrons. The van der Waals surface area contributed by atoms with Gasteiger partial charge >= 0.3 is 0 Å². The van der Waals surface area contributed by atoms with Crippen molar-refractivity contribution < 1.29 is 9.53 Å². The summed E-state index contributed by atoms with van der Waals surface area (Å²) in [6.45, 7) is 2.95. The minimum atomic E-state index is 0.119. The fourth-order valence-corrected chi connectivity index (χ4v) is 3.30. The van der Waals surface area contributed by atoms with Crippen LogP contribution >= 0.6 is 11.6 Å². The summed E-state index contributed by atoms with van der Waals surface area (Å²) in [5.74, 6) is 0.726. The Morgan fingerprint density at radius 1 is 1.19 bits per heavy atom. The number of para-hydroxylation sites is 1. The van der Waals surface area contributed by atoms with Crippen LogP contribution in [0.25, 0.3) is 17.0 Å². The van der Waals surface area contributed by atoms with Crippen molar-refractivity contribution >= 4 is 34.4 Å². The van der Waals surface area contributed by atoms with Crippen LogP contribution in [0.3, 0.4) is 0 Å². The van der Waals surface area contributed by atoms with Crippen molar-refractivity contribution in [2.75, 3.05) is 7.11 Å². The number of hydrogen-bond donors (Lipinski definition) is 0. The molecule has 0 unspecified atom stereocenters. The van der Waals surface area contributed by atoms with Gasteiger partial charge in [0.2, 0.25) is 0 Å². The van der Waals surface area contributed by atoms with Crippen LogP contribution < -0.4 is 4.74 Å². The van der Waals surface area contributed by atoms with Crippen LogP contribution in [0.4, 0.5) is 0 Å². The molecule has 1 aromatic heterocycles. The van der Waals surface area contributed by atoms with Crippen LogP contribution in [0.15, 0.2) is 54.6 Å². The van der Waals surface area contributed by atoms with E-state index in [1.54, 1.807) is 25.3 Å². The lowest BCUT2D eigenvalue weighted by atomic mass is 10.1. The van der Waals surface area contributed by atoms with Crippen molar-refractivity contribution in [2.24, 2.45) is 0 Å². The lowest BCUT2D eigenvalue weighted by molar-refractivity contribution is -0.114. The monoisotopic (exact) mass is 367 g/mol. The standard InChI is InChI=1S/C22H22ClNO2/c1-16-14-18-6-3-4-8-21(18)24(16)13-5-7-19(25)11-9-17-10-12-20(23)22(15-17)26-2/h3-4,6,8-12,14-15H,5,7,13H2,1-2H3/b11-9+. The zero-order valence-electron chi connectivity index (χ0n) is 15.0. The molecule has 26 heavy (non-hydrogen) atoms. The Bertz CT molecular complexity index is 956. The van der Waals surface area contributed by atoms with E-state index in [1.165, 1.54) is 16.6 Å². The lowest BCUT2D eigenvalue weighted by Crippen LogP contribution is -2.02. The number of fused-ring (bicyclic) bond motifs is 1. The van der Waals surface area contributed by atoms with Gasteiger partial charge in [0.1, 0.15) is 5.75 Å². The van der Waals surface area contributed by atoms with E-state index in [4.69, 9.17) is 16.3 Å². The van der Waals surface area contributed by atoms with Crippen LogP contribution in [0.2, 0.25) is 5.02 Å². The molecular formula is C22H22ClNO2. The van der Waals surface area contributed by atoms with Crippen molar-refractivity contribution in [1.82, 2.24) is 4.57 Å². The highest BCUT2D eigenvalue weighted by Gasteiger charge is 2.06. The van der Waals surface area contributed by atoms with Gasteiger partial charge in [-0.15, -0.1) is 0 Å². The average Bonchev–Trinajstić information content (AvgIpc) is 2.96. The van der Waals surface area contributed by atoms with Crippen molar-refractivity contribution in [3.63, 3.8) is 0 Å². The quantitative estimate of drug-likeness (QED) is 0.503. The van der Waals surface area contributed by atoms with Crippen LogP contribution in [-0.4, -0.2) is 17.5 Å². The van der Waals surface area contributed by atoms with Gasteiger partial charge in [-0.3, -0.25) is 4.79 Å². The maximum Gasteiger partial charge on any atom is 0.155 e. The molecule has 4 heteroatoms. The number of ether oxygens (including phenoxy) is 1. The molecule has 1 heterocycles. The SMILES string of the molecule is COc1cc(/C=C/C(=O)CCCn2c(C)cc3ccccc32)ccc1Cl. The third-order valence-electron chi connectivity index (χ3n) is 4.46. The zero-order chi connectivity index (χ0) is 18.5. The highest BCUT2D eigenvalue weighted by Crippen LogP contribution is 2.25. The number of nitrogens with zero attached hydrogens (tertiary/aromatic N) is 1. The number of carbonyl (C=O) groups is 1. The summed E-state index contributed by atoms with van der Waals surface area (Å²) in [4.78, 5) is 12.2. The number of methoxy groups -OCH3 is 1. The molecule has 0 atom stereocenters. The fourth-order valence-electron chi connectivity index (χ4n) is 3.11. The van der Waals surface area contributed by atoms with Crippen molar-refractivity contribution in [2.45, 2.75) is 26.3 Å². The molecule has 3 nitrogen and oxygen atoms in total. The summed E-state index contributed by atoms with van der Waals surface area (Å²) in [6, 6.07) is 16.0. The number of aryl methyl sites for hydroxylation is 2. The predicted octanol–water partition coefficient (Wildman–Crippen LogP) is 5.67. The molecule has 0 spiro atoms. The van der Waals surface area contributed by atoms with E-state index >= 15 is 0 Å². The third-order valence-corrected chi connectivity index (χ3v) is 4.77. The van der Waals surface area contributed by atoms with Crippen molar-refractivity contribution in [1.29, 1.82) is 0 Å². The van der Waals surface area contributed by atoms with Gasteiger partial charge in [-0.25, -0.2) is 0 Å². The molecule has 0 aliphatic rings. The molecule has 0 bridgehead atoms. The number of rotatable bonds is 7. The third kappa shape index (κ3) is 4.17. The summed E-state index contributed by atoms with van der Waals surface area (Å²) < 4.78 is 7.47. The fraction of sp³-hybridized carbons (Fsp3) is 0.227. The van der Waals surface area contributed by atoms with Crippen LogP contribution in [0.5, 0.6) is 5.75 Å². The van der Waals surface area contributed by atoms with Gasteiger partial charge in [0.15, 0.2) is 5.78 Å². The molecule has 0 saturated heterocycles. The average molecular weight is 368 g/mol. The van der Waals surface area contributed by atoms with Crippen LogP contribution in [0, 0.1) is 6.92 Å². The predicted molar refractivity (Wildman–Crippen MR) is 108 cm³/mol. The van der Waals surface area contributed by atoms with Gasteiger partial charge in [0, 0.05) is 24.2 Å². The van der Waals surface area contributed by atoms with Gasteiger partial charge in [-0.2, -0.15) is 0 Å². The van der Waals surface area contributed by atoms with Crippen LogP contribution in [-0.2, 0) is 11.3 Å². The molecule has 2 aromatic carbocycles. The van der Waals surface area contributed by atoms with Crippen molar-refractivity contribution in [3.05, 3.63) is 70.9 Å². The molecule has 0 saturated carbocycles. The molecule has 0 aliphatic heterocycles. The Morgan fingerprint density at radius 3 is 2.81 bits per heavy atom. The number of halogens is 1. The van der Waals surface area contributed by atoms with Crippen molar-refractivity contribution in [3.8, 4) is 5.75 Å². The maximum atomic E-state index is 12.2. The molecular weight excluding hydrogens is 346 g/mol. The highest BCUT2D eigenvalue weighted by molar-refractivity contribution is 6.32. The van der Waals surface area contributed by atoms with Gasteiger partial charge in [-0.1, -0.05) is 41.9 Å². The largest absolute Gasteiger partial charge is 0.495 e. The highest BCUT2D eigenvalue weighted by atomic mass is 35.5. The molecule has 0 N–H and O–H groups in total. The molecule has 0 aliphatic carbocycles. The number of aromatic nitrogens is 1. The summed E-state index contributed by atoms with van der Waals surface area (Å²) in [5.41, 5.74) is 3.34. The van der Waals surface area contributed by atoms with E-state index in [0.717, 1.165) is 18.5 Å². The second kappa shape index (κ2) is 8.24. The van der Waals surface area contributed by atoms with E-state index in [1.807, 2.05) is 24.3 Å². The van der Waals surface area contributed by atoms with Crippen LogP contribution in [0.1, 0.15) is 24.1 Å². The lowest BCUT2D eigenvalue weighted by Gasteiger charge is -2.07. The van der Waals surface area contributed by atoms with Gasteiger partial charge in [0.05, 0.1) is 12.1 Å². The smallest absolute Gasteiger partial charge is 0.155 e. The van der Waals surface area contributed by atoms with Gasteiger partial charge < -0.3 is 9.30 Å². The summed E-state index contributed by atoms with van der Waals surface area (Å²) >= 11 is 6.01. The second-order valence-electron chi connectivity index (χ2n) is 6.29. The number of hydrogen-bond acceptors (Lipinski definition) is 2. The Hall–Kier alpha value is -2.52. The topological polar surface area (TPSA) is 31.2 Å². The minimum Gasteiger partial charge on any atom is -0.495 e. The Balaban J connectivity index is 1.58. The number of allylic oxidation sites excluding steroid dienone is 1. The number of carbonyl (C=O) groups excluding carboxylic acids is 1. The zero-order valence-corrected chi connectivity index (χ0v) is 15.8. The van der Waals surface area contributed by atoms with Gasteiger partial charge in [-0.05, 0) is 54.6 Å². The van der Waals surface area contributed by atoms with E-state index < -0.39 is 0 Å². The van der Waals surface area contributed by atoms with E-state index in [2.05, 4.69) is 29.7 Å². The Kier molecular flexibility index (Phi) is 5.79. The summed E-state index contributed by atoms with van der Waals surface area (Å²) in [6.07, 6.45) is 4.76. The van der Waals surface area contributed by atoms with Gasteiger partial charge in [0.25, 0.3) is 0 Å². The first kappa shape index (κ1) is 18.3. The first-order chi connectivity index (χ1) is 12.6. The van der Waals surface area contributed by atoms with E-state index in [9.17, 15) is 4.79 Å². The first-order valence-electron chi connectivity index (χ1n) is 8.68. The Labute approximate surface area is 158 Å². The van der Waals surface area contributed by atoms with E-state index in [0.29, 0.717) is 17.2 Å². The molecule has 3 rings (SSSR count). The summed E-state index contributed by atoms with van der Waals surface area (Å²) in [7, 11) is 1.58. The molecule has 0 amide bonds. The maximum absolute atomic E-state index is 12.2. The summed E-state index contributed by atoms with van der Waals surface area (Å²) in [5, 5.41) is 1.80.